The van der Waals surface area contributed by atoms with Gasteiger partial charge in [-0.15, -0.1) is 11.3 Å². The highest BCUT2D eigenvalue weighted by Gasteiger charge is 2.12. The van der Waals surface area contributed by atoms with Crippen molar-refractivity contribution in [2.75, 3.05) is 5.32 Å². The van der Waals surface area contributed by atoms with Gasteiger partial charge in [-0.05, 0) is 47.8 Å². The molecule has 0 spiro atoms. The lowest BCUT2D eigenvalue weighted by Gasteiger charge is -2.07. The van der Waals surface area contributed by atoms with E-state index in [9.17, 15) is 14.0 Å². The molecule has 3 aromatic rings. The fourth-order valence-corrected chi connectivity index (χ4v) is 2.78. The van der Waals surface area contributed by atoms with Gasteiger partial charge >= 0.3 is 0 Å². The average molecular weight is 325 g/mol. The smallest absolute Gasteiger partial charge is 0.258 e. The monoisotopic (exact) mass is 325 g/mol. The number of nitrogens with one attached hydrogen (secondary N) is 1. The van der Waals surface area contributed by atoms with Gasteiger partial charge < -0.3 is 5.32 Å². The maximum Gasteiger partial charge on any atom is 0.258 e. The number of hydrogen-bond acceptors (Lipinski definition) is 3. The summed E-state index contributed by atoms with van der Waals surface area (Å²) in [5, 5.41) is 4.46. The molecule has 1 amide bonds. The van der Waals surface area contributed by atoms with Gasteiger partial charge in [-0.2, -0.15) is 0 Å². The summed E-state index contributed by atoms with van der Waals surface area (Å²) < 4.78 is 13.6. The van der Waals surface area contributed by atoms with E-state index in [1.165, 1.54) is 29.5 Å². The lowest BCUT2D eigenvalue weighted by molar-refractivity contribution is 0.102. The number of halogens is 1. The van der Waals surface area contributed by atoms with Crippen LogP contribution in [0, 0.1) is 5.82 Å². The zero-order valence-corrected chi connectivity index (χ0v) is 12.8. The molecule has 0 bridgehead atoms. The zero-order valence-electron chi connectivity index (χ0n) is 12.0. The number of anilines is 1. The fourth-order valence-electron chi connectivity index (χ4n) is 2.10. The minimum atomic E-state index is -0.575. The van der Waals surface area contributed by atoms with Gasteiger partial charge in [0, 0.05) is 11.3 Å². The summed E-state index contributed by atoms with van der Waals surface area (Å²) in [5.41, 5.74) is 1.02. The number of ketones is 1. The van der Waals surface area contributed by atoms with E-state index in [2.05, 4.69) is 5.32 Å². The van der Waals surface area contributed by atoms with Gasteiger partial charge in [0.2, 0.25) is 5.78 Å². The Labute approximate surface area is 136 Å². The summed E-state index contributed by atoms with van der Waals surface area (Å²) in [5.74, 6) is -1.16. The normalized spacial score (nSPS) is 10.3. The number of thiophene rings is 1. The summed E-state index contributed by atoms with van der Waals surface area (Å²) in [7, 11) is 0. The summed E-state index contributed by atoms with van der Waals surface area (Å²) in [4.78, 5) is 24.9. The first-order valence-corrected chi connectivity index (χ1v) is 7.77. The van der Waals surface area contributed by atoms with Crippen molar-refractivity contribution in [1.82, 2.24) is 0 Å². The maximum absolute atomic E-state index is 13.6. The van der Waals surface area contributed by atoms with Crippen molar-refractivity contribution in [3.8, 4) is 0 Å². The second-order valence-corrected chi connectivity index (χ2v) is 5.77. The third kappa shape index (κ3) is 3.35. The second-order valence-electron chi connectivity index (χ2n) is 4.82. The van der Waals surface area contributed by atoms with Crippen LogP contribution in [0.25, 0.3) is 0 Å². The number of amides is 1. The molecule has 3 nitrogen and oxygen atoms in total. The molecule has 0 saturated carbocycles. The van der Waals surface area contributed by atoms with E-state index < -0.39 is 11.7 Å². The van der Waals surface area contributed by atoms with Crippen LogP contribution in [0.15, 0.2) is 66.0 Å². The molecule has 0 radical (unpaired) electrons. The van der Waals surface area contributed by atoms with Gasteiger partial charge in [0.1, 0.15) is 5.82 Å². The highest BCUT2D eigenvalue weighted by Crippen LogP contribution is 2.18. The van der Waals surface area contributed by atoms with E-state index in [-0.39, 0.29) is 11.3 Å². The molecule has 0 fully saturated rings. The largest absolute Gasteiger partial charge is 0.322 e. The maximum atomic E-state index is 13.6. The molecular formula is C18H12FNO2S. The Morgan fingerprint density at radius 2 is 1.65 bits per heavy atom. The third-order valence-corrected chi connectivity index (χ3v) is 4.14. The Morgan fingerprint density at radius 3 is 2.30 bits per heavy atom. The molecule has 114 valence electrons. The van der Waals surface area contributed by atoms with Crippen molar-refractivity contribution in [2.45, 2.75) is 0 Å². The Bertz CT molecular complexity index is 842. The van der Waals surface area contributed by atoms with E-state index in [0.717, 1.165) is 0 Å². The van der Waals surface area contributed by atoms with Gasteiger partial charge in [-0.1, -0.05) is 18.2 Å². The van der Waals surface area contributed by atoms with Gasteiger partial charge in [0.05, 0.1) is 10.4 Å². The van der Waals surface area contributed by atoms with Gasteiger partial charge in [0.25, 0.3) is 5.91 Å². The van der Waals surface area contributed by atoms with Crippen LogP contribution in [0.1, 0.15) is 25.6 Å². The minimum Gasteiger partial charge on any atom is -0.322 e. The lowest BCUT2D eigenvalue weighted by atomic mass is 10.1. The van der Waals surface area contributed by atoms with Crippen LogP contribution in [0.4, 0.5) is 10.1 Å². The van der Waals surface area contributed by atoms with Gasteiger partial charge in [0.15, 0.2) is 0 Å². The number of rotatable bonds is 4. The van der Waals surface area contributed by atoms with Crippen molar-refractivity contribution in [3.63, 3.8) is 0 Å². The molecule has 0 aliphatic carbocycles. The molecule has 1 N–H and O–H groups in total. The van der Waals surface area contributed by atoms with E-state index in [1.54, 1.807) is 36.4 Å². The molecule has 3 rings (SSSR count). The quantitative estimate of drug-likeness (QED) is 0.724. The van der Waals surface area contributed by atoms with Crippen LogP contribution in [0.3, 0.4) is 0 Å². The van der Waals surface area contributed by atoms with E-state index in [4.69, 9.17) is 0 Å². The zero-order chi connectivity index (χ0) is 16.2. The van der Waals surface area contributed by atoms with E-state index in [0.29, 0.717) is 16.1 Å². The summed E-state index contributed by atoms with van der Waals surface area (Å²) in [6.07, 6.45) is 0. The first kappa shape index (κ1) is 15.1. The van der Waals surface area contributed by atoms with Crippen LogP contribution in [0.2, 0.25) is 0 Å². The van der Waals surface area contributed by atoms with Crippen LogP contribution < -0.4 is 5.32 Å². The van der Waals surface area contributed by atoms with Crippen LogP contribution in [-0.2, 0) is 0 Å². The molecule has 1 heterocycles. The van der Waals surface area contributed by atoms with Crippen molar-refractivity contribution < 1.29 is 14.0 Å². The lowest BCUT2D eigenvalue weighted by Crippen LogP contribution is -2.13. The number of carbonyl (C=O) groups is 2. The van der Waals surface area contributed by atoms with Gasteiger partial charge in [-0.25, -0.2) is 4.39 Å². The molecule has 0 saturated heterocycles. The molecule has 0 unspecified atom stereocenters. The second kappa shape index (κ2) is 6.54. The SMILES string of the molecule is O=C(c1ccc(NC(=O)c2ccccc2F)cc1)c1cccs1. The van der Waals surface area contributed by atoms with Gasteiger partial charge in [-0.3, -0.25) is 9.59 Å². The predicted molar refractivity (Wildman–Crippen MR) is 88.5 cm³/mol. The predicted octanol–water partition coefficient (Wildman–Crippen LogP) is 4.37. The summed E-state index contributed by atoms with van der Waals surface area (Å²) in [6.45, 7) is 0. The highest BCUT2D eigenvalue weighted by atomic mass is 32.1. The topological polar surface area (TPSA) is 46.2 Å². The van der Waals surface area contributed by atoms with E-state index in [1.807, 2.05) is 11.4 Å². The minimum absolute atomic E-state index is 0.0220. The molecule has 0 aliphatic heterocycles. The van der Waals surface area contributed by atoms with Crippen molar-refractivity contribution in [2.24, 2.45) is 0 Å². The standard InChI is InChI=1S/C18H12FNO2S/c19-15-5-2-1-4-14(15)18(22)20-13-9-7-12(8-10-13)17(21)16-6-3-11-23-16/h1-11H,(H,20,22). The third-order valence-electron chi connectivity index (χ3n) is 3.27. The Balaban J connectivity index is 1.74. The average Bonchev–Trinajstić information content (AvgIpc) is 3.09. The number of carbonyl (C=O) groups excluding carboxylic acids is 2. The fraction of sp³-hybridized carbons (Fsp3) is 0. The molecule has 5 heteroatoms. The van der Waals surface area contributed by atoms with Crippen molar-refractivity contribution in [1.29, 1.82) is 0 Å². The Morgan fingerprint density at radius 1 is 0.913 bits per heavy atom. The Hall–Kier alpha value is -2.79. The highest BCUT2D eigenvalue weighted by molar-refractivity contribution is 7.12. The van der Waals surface area contributed by atoms with Crippen molar-refractivity contribution >= 4 is 28.7 Å². The molecule has 0 aliphatic rings. The number of hydrogen-bond donors (Lipinski definition) is 1. The summed E-state index contributed by atoms with van der Waals surface area (Å²) in [6, 6.07) is 15.9. The Kier molecular flexibility index (Phi) is 4.30. The molecule has 23 heavy (non-hydrogen) atoms. The molecule has 1 aromatic heterocycles. The first-order valence-electron chi connectivity index (χ1n) is 6.89. The first-order chi connectivity index (χ1) is 11.1. The summed E-state index contributed by atoms with van der Waals surface area (Å²) >= 11 is 1.38. The molecule has 2 aromatic carbocycles. The molecular weight excluding hydrogens is 313 g/mol. The van der Waals surface area contributed by atoms with Crippen molar-refractivity contribution in [3.05, 3.63) is 87.9 Å². The van der Waals surface area contributed by atoms with Crippen LogP contribution in [0.5, 0.6) is 0 Å². The number of benzene rings is 2. The molecule has 0 atom stereocenters. The van der Waals surface area contributed by atoms with Crippen LogP contribution >= 0.6 is 11.3 Å². The van der Waals surface area contributed by atoms with Crippen LogP contribution in [-0.4, -0.2) is 11.7 Å². The van der Waals surface area contributed by atoms with E-state index >= 15 is 0 Å².